The molecule has 3 fully saturated rings. The van der Waals surface area contributed by atoms with Gasteiger partial charge in [-0.2, -0.15) is 0 Å². The summed E-state index contributed by atoms with van der Waals surface area (Å²) in [6.45, 7) is 5.44. The van der Waals surface area contributed by atoms with Crippen LogP contribution in [0, 0.1) is 5.92 Å². The molecule has 6 heteroatoms. The van der Waals surface area contributed by atoms with Gasteiger partial charge < -0.3 is 4.90 Å². The Balaban J connectivity index is 1.13. The molecule has 1 aromatic heterocycles. The van der Waals surface area contributed by atoms with Gasteiger partial charge in [-0.3, -0.25) is 19.6 Å². The Bertz CT molecular complexity index is 885. The lowest BCUT2D eigenvalue weighted by atomic mass is 9.89. The Morgan fingerprint density at radius 2 is 1.65 bits per heavy atom. The number of fused-ring (bicyclic) bond motifs is 2. The summed E-state index contributed by atoms with van der Waals surface area (Å²) >= 11 is 6.12. The molecule has 5 nitrogen and oxygen atoms in total. The smallest absolute Gasteiger partial charge is 0.225 e. The third-order valence-electron chi connectivity index (χ3n) is 7.33. The molecule has 4 heterocycles. The van der Waals surface area contributed by atoms with E-state index in [0.717, 1.165) is 57.1 Å². The molecule has 3 aliphatic rings. The van der Waals surface area contributed by atoms with Crippen molar-refractivity contribution in [2.45, 2.75) is 50.9 Å². The number of nitrogens with zero attached hydrogens (tertiary/aromatic N) is 4. The van der Waals surface area contributed by atoms with Crippen LogP contribution in [0.4, 0.5) is 0 Å². The number of hydrogen-bond acceptors (Lipinski definition) is 4. The van der Waals surface area contributed by atoms with Crippen molar-refractivity contribution in [2.75, 3.05) is 26.2 Å². The first-order valence-corrected chi connectivity index (χ1v) is 11.9. The maximum atomic E-state index is 13.3. The molecule has 0 spiro atoms. The van der Waals surface area contributed by atoms with Gasteiger partial charge in [-0.1, -0.05) is 23.7 Å². The Hall–Kier alpha value is -1.95. The fourth-order valence-electron chi connectivity index (χ4n) is 5.71. The monoisotopic (exact) mass is 438 g/mol. The van der Waals surface area contributed by atoms with E-state index in [2.05, 4.69) is 37.9 Å². The summed E-state index contributed by atoms with van der Waals surface area (Å²) in [6, 6.07) is 13.4. The highest BCUT2D eigenvalue weighted by Crippen LogP contribution is 2.40. The van der Waals surface area contributed by atoms with Crippen LogP contribution in [-0.4, -0.2) is 63.9 Å². The molecule has 0 N–H and O–H groups in total. The molecule has 1 amide bonds. The highest BCUT2D eigenvalue weighted by atomic mass is 35.5. The van der Waals surface area contributed by atoms with E-state index in [1.54, 1.807) is 0 Å². The molecular weight excluding hydrogens is 408 g/mol. The number of amides is 1. The first kappa shape index (κ1) is 20.9. The van der Waals surface area contributed by atoms with Crippen LogP contribution in [0.2, 0.25) is 5.02 Å². The number of rotatable bonds is 5. The Kier molecular flexibility index (Phi) is 6.26. The number of pyridine rings is 1. The van der Waals surface area contributed by atoms with Crippen LogP contribution in [0.15, 0.2) is 48.8 Å². The number of piperidine rings is 1. The fraction of sp³-hybridized carbons (Fsp3) is 0.520. The molecule has 0 aliphatic carbocycles. The lowest BCUT2D eigenvalue weighted by Crippen LogP contribution is -2.52. The zero-order valence-corrected chi connectivity index (χ0v) is 18.8. The molecule has 2 atom stereocenters. The van der Waals surface area contributed by atoms with Crippen molar-refractivity contribution >= 4 is 17.5 Å². The number of halogens is 1. The largest absolute Gasteiger partial charge is 0.340 e. The molecule has 2 unspecified atom stereocenters. The average molecular weight is 439 g/mol. The van der Waals surface area contributed by atoms with Crippen molar-refractivity contribution in [3.63, 3.8) is 0 Å². The third-order valence-corrected chi connectivity index (χ3v) is 7.56. The van der Waals surface area contributed by atoms with Gasteiger partial charge in [-0.15, -0.1) is 0 Å². The zero-order valence-electron chi connectivity index (χ0n) is 18.0. The lowest BCUT2D eigenvalue weighted by molar-refractivity contribution is -0.140. The van der Waals surface area contributed by atoms with Crippen LogP contribution in [-0.2, 0) is 17.9 Å². The minimum Gasteiger partial charge on any atom is -0.340 e. The van der Waals surface area contributed by atoms with Crippen LogP contribution < -0.4 is 0 Å². The molecule has 2 aromatic rings. The quantitative estimate of drug-likeness (QED) is 0.711. The molecule has 3 aliphatic heterocycles. The minimum absolute atomic E-state index is 0.200. The van der Waals surface area contributed by atoms with Gasteiger partial charge in [0.05, 0.1) is 0 Å². The summed E-state index contributed by atoms with van der Waals surface area (Å²) in [4.78, 5) is 24.6. The second kappa shape index (κ2) is 9.27. The average Bonchev–Trinajstić information content (AvgIpc) is 3.01. The maximum absolute atomic E-state index is 13.3. The predicted molar refractivity (Wildman–Crippen MR) is 123 cm³/mol. The second-order valence-electron chi connectivity index (χ2n) is 9.31. The Morgan fingerprint density at radius 1 is 0.935 bits per heavy atom. The lowest BCUT2D eigenvalue weighted by Gasteiger charge is -2.41. The Labute approximate surface area is 190 Å². The highest BCUT2D eigenvalue weighted by molar-refractivity contribution is 6.30. The highest BCUT2D eigenvalue weighted by Gasteiger charge is 2.43. The van der Waals surface area contributed by atoms with Crippen molar-refractivity contribution < 1.29 is 4.79 Å². The van der Waals surface area contributed by atoms with Gasteiger partial charge in [0, 0.05) is 74.7 Å². The molecule has 0 radical (unpaired) electrons. The predicted octanol–water partition coefficient (Wildman–Crippen LogP) is 3.82. The number of hydrogen-bond donors (Lipinski definition) is 0. The van der Waals surface area contributed by atoms with E-state index in [-0.39, 0.29) is 5.92 Å². The summed E-state index contributed by atoms with van der Waals surface area (Å²) in [5.74, 6) is 0.591. The second-order valence-corrected chi connectivity index (χ2v) is 9.75. The standard InChI is InChI=1S/C25H31ClN4O/c26-22-3-1-2-20(14-22)17-28-10-12-29(13-11-28)25(31)21-15-23-4-5-24(16-21)30(23)18-19-6-8-27-9-7-19/h1-3,6-9,14,21,23-24H,4-5,10-13,15-18H2. The maximum Gasteiger partial charge on any atom is 0.225 e. The number of benzene rings is 1. The first-order chi connectivity index (χ1) is 15.2. The molecular formula is C25H31ClN4O. The molecule has 1 aromatic carbocycles. The van der Waals surface area contributed by atoms with Gasteiger partial charge in [0.1, 0.15) is 0 Å². The zero-order chi connectivity index (χ0) is 21.2. The van der Waals surface area contributed by atoms with Crippen molar-refractivity contribution in [3.05, 3.63) is 64.9 Å². The van der Waals surface area contributed by atoms with Crippen molar-refractivity contribution in [1.29, 1.82) is 0 Å². The van der Waals surface area contributed by atoms with E-state index < -0.39 is 0 Å². The van der Waals surface area contributed by atoms with Crippen LogP contribution in [0.1, 0.15) is 36.8 Å². The van der Waals surface area contributed by atoms with E-state index in [9.17, 15) is 4.79 Å². The number of aromatic nitrogens is 1. The van der Waals surface area contributed by atoms with Crippen LogP contribution in [0.3, 0.4) is 0 Å². The van der Waals surface area contributed by atoms with Gasteiger partial charge in [0.15, 0.2) is 0 Å². The SMILES string of the molecule is O=C(C1CC2CCC(C1)N2Cc1ccncc1)N1CCN(Cc2cccc(Cl)c2)CC1. The van der Waals surface area contributed by atoms with E-state index >= 15 is 0 Å². The van der Waals surface area contributed by atoms with Gasteiger partial charge >= 0.3 is 0 Å². The molecule has 164 valence electrons. The van der Waals surface area contributed by atoms with Crippen LogP contribution in [0.5, 0.6) is 0 Å². The molecule has 5 rings (SSSR count). The number of carbonyl (C=O) groups excluding carboxylic acids is 1. The fourth-order valence-corrected chi connectivity index (χ4v) is 5.92. The van der Waals surface area contributed by atoms with Crippen molar-refractivity contribution in [1.82, 2.24) is 19.7 Å². The topological polar surface area (TPSA) is 39.7 Å². The summed E-state index contributed by atoms with van der Waals surface area (Å²) in [6.07, 6.45) is 8.24. The molecule has 0 saturated carbocycles. The Morgan fingerprint density at radius 3 is 2.32 bits per heavy atom. The molecule has 2 bridgehead atoms. The normalized spacial score (nSPS) is 26.9. The minimum atomic E-state index is 0.200. The van der Waals surface area contributed by atoms with Gasteiger partial charge in [-0.05, 0) is 61.1 Å². The molecule has 3 saturated heterocycles. The summed E-state index contributed by atoms with van der Waals surface area (Å²) in [5, 5.41) is 0.788. The third kappa shape index (κ3) is 4.79. The van der Waals surface area contributed by atoms with E-state index in [1.165, 1.54) is 24.0 Å². The van der Waals surface area contributed by atoms with Crippen molar-refractivity contribution in [3.8, 4) is 0 Å². The van der Waals surface area contributed by atoms with Gasteiger partial charge in [0.2, 0.25) is 5.91 Å². The number of carbonyl (C=O) groups is 1. The van der Waals surface area contributed by atoms with E-state index in [0.29, 0.717) is 18.0 Å². The van der Waals surface area contributed by atoms with Gasteiger partial charge in [-0.25, -0.2) is 0 Å². The summed E-state index contributed by atoms with van der Waals surface area (Å²) < 4.78 is 0. The van der Waals surface area contributed by atoms with E-state index in [4.69, 9.17) is 11.6 Å². The van der Waals surface area contributed by atoms with Crippen LogP contribution >= 0.6 is 11.6 Å². The van der Waals surface area contributed by atoms with E-state index in [1.807, 2.05) is 30.6 Å². The van der Waals surface area contributed by atoms with Gasteiger partial charge in [0.25, 0.3) is 0 Å². The first-order valence-electron chi connectivity index (χ1n) is 11.6. The molecule has 31 heavy (non-hydrogen) atoms. The number of piperazine rings is 1. The van der Waals surface area contributed by atoms with Crippen LogP contribution in [0.25, 0.3) is 0 Å². The summed E-state index contributed by atoms with van der Waals surface area (Å²) in [5.41, 5.74) is 2.57. The van der Waals surface area contributed by atoms with Crippen molar-refractivity contribution in [2.24, 2.45) is 5.92 Å². The summed E-state index contributed by atoms with van der Waals surface area (Å²) in [7, 11) is 0.